The lowest BCUT2D eigenvalue weighted by Gasteiger charge is -2.45. The van der Waals surface area contributed by atoms with Gasteiger partial charge < -0.3 is 39.6 Å². The molecule has 1 saturated heterocycles. The summed E-state index contributed by atoms with van der Waals surface area (Å²) in [5.74, 6) is -2.85. The van der Waals surface area contributed by atoms with Gasteiger partial charge in [-0.15, -0.1) is 0 Å². The molecule has 15 nitrogen and oxygen atoms in total. The number of carbonyl (C=O) groups excluding carboxylic acids is 3. The first-order chi connectivity index (χ1) is 24.2. The number of rotatable bonds is 16. The van der Waals surface area contributed by atoms with Crippen LogP contribution < -0.4 is 15.8 Å². The van der Waals surface area contributed by atoms with E-state index in [1.165, 1.54) is 4.31 Å². The van der Waals surface area contributed by atoms with Crippen LogP contribution in [0, 0.1) is 11.8 Å². The maximum atomic E-state index is 14.8. The Morgan fingerprint density at radius 1 is 1.06 bits per heavy atom. The van der Waals surface area contributed by atoms with E-state index < -0.39 is 53.0 Å². The maximum Gasteiger partial charge on any atom is 0.405 e. The molecule has 0 spiro atoms. The summed E-state index contributed by atoms with van der Waals surface area (Å²) in [7, 11) is -7.75. The molecule has 1 aromatic carbocycles. The number of hydrogen-bond acceptors (Lipinski definition) is 11. The lowest BCUT2D eigenvalue weighted by molar-refractivity contribution is -0.153. The maximum absolute atomic E-state index is 14.8. The van der Waals surface area contributed by atoms with Gasteiger partial charge in [-0.3, -0.25) is 14.2 Å². The molecule has 1 aromatic rings. The van der Waals surface area contributed by atoms with Crippen LogP contribution in [0.1, 0.15) is 83.6 Å². The number of para-hydroxylation sites is 1. The largest absolute Gasteiger partial charge is 0.491 e. The monoisotopic (exact) mass is 758 g/mol. The van der Waals surface area contributed by atoms with Crippen molar-refractivity contribution in [2.75, 3.05) is 45.7 Å². The standard InChI is InChI=1S/C34H55N4O11PS/c1-4-47-50(43,48-5-2)31(40)28(15-16-30(39)37-21-22-46-29-14-10-9-13-26(29)24-37)36-32(41)34(49-33(35)42,23-25-11-7-6-8-12-25)27-17-19-38(20-18-27)51(3,44)45/h9-10,13-14,25,27-28,31,40H,4-8,11-12,15-24H2,1-3H3,(H2,35,42)(H,36,41)/t28-,31-,34-/m0/s1. The van der Waals surface area contributed by atoms with Gasteiger partial charge in [0.1, 0.15) is 12.4 Å². The van der Waals surface area contributed by atoms with Crippen molar-refractivity contribution >= 4 is 35.5 Å². The number of ether oxygens (including phenoxy) is 2. The zero-order valence-corrected chi connectivity index (χ0v) is 31.7. The molecule has 3 atom stereocenters. The summed E-state index contributed by atoms with van der Waals surface area (Å²) in [4.78, 5) is 42.6. The number of amides is 3. The molecule has 1 aliphatic carbocycles. The SMILES string of the molecule is CCOP(=O)(OCC)[C@H](O)[C@H](CCC(=O)N1CCOc2ccccc2C1)NC(=O)[C@@](CC1CCCCC1)(OC(N)=O)C1CCN(S(C)(=O)=O)CC1. The molecule has 0 bridgehead atoms. The zero-order valence-electron chi connectivity index (χ0n) is 30.0. The molecular formula is C34H55N4O11PS. The van der Waals surface area contributed by atoms with Crippen molar-refractivity contribution in [1.82, 2.24) is 14.5 Å². The predicted octanol–water partition coefficient (Wildman–Crippen LogP) is 3.73. The Kier molecular flexibility index (Phi) is 14.7. The molecule has 3 amide bonds. The second kappa shape index (κ2) is 18.3. The van der Waals surface area contributed by atoms with Crippen LogP contribution in [-0.4, -0.2) is 104 Å². The van der Waals surface area contributed by atoms with E-state index in [1.54, 1.807) is 18.7 Å². The Morgan fingerprint density at radius 2 is 1.71 bits per heavy atom. The molecule has 51 heavy (non-hydrogen) atoms. The van der Waals surface area contributed by atoms with E-state index in [-0.39, 0.29) is 76.8 Å². The van der Waals surface area contributed by atoms with Crippen LogP contribution in [0.3, 0.4) is 0 Å². The van der Waals surface area contributed by atoms with Gasteiger partial charge in [0.05, 0.1) is 32.1 Å². The topological polar surface area (TPSA) is 204 Å². The van der Waals surface area contributed by atoms with E-state index in [0.29, 0.717) is 18.8 Å². The van der Waals surface area contributed by atoms with Gasteiger partial charge in [0, 0.05) is 37.5 Å². The Balaban J connectivity index is 1.66. The number of aliphatic hydroxyl groups excluding tert-OH is 1. The number of fused-ring (bicyclic) bond motifs is 1. The minimum Gasteiger partial charge on any atom is -0.491 e. The predicted molar refractivity (Wildman–Crippen MR) is 189 cm³/mol. The van der Waals surface area contributed by atoms with E-state index in [2.05, 4.69) is 5.32 Å². The van der Waals surface area contributed by atoms with Crippen molar-refractivity contribution < 1.29 is 51.0 Å². The molecule has 2 fully saturated rings. The highest BCUT2D eigenvalue weighted by Crippen LogP contribution is 2.54. The third-order valence-corrected chi connectivity index (χ3v) is 13.7. The van der Waals surface area contributed by atoms with E-state index in [1.807, 2.05) is 24.3 Å². The average molecular weight is 759 g/mol. The number of carbonyl (C=O) groups is 3. The van der Waals surface area contributed by atoms with Crippen molar-refractivity contribution in [1.29, 1.82) is 0 Å². The van der Waals surface area contributed by atoms with Crippen LogP contribution in [0.5, 0.6) is 5.75 Å². The van der Waals surface area contributed by atoms with Crippen LogP contribution in [0.2, 0.25) is 0 Å². The summed E-state index contributed by atoms with van der Waals surface area (Å²) in [5, 5.41) is 14.5. The fraction of sp³-hybridized carbons (Fsp3) is 0.735. The first-order valence-electron chi connectivity index (χ1n) is 18.0. The first kappa shape index (κ1) is 41.0. The van der Waals surface area contributed by atoms with Gasteiger partial charge in [-0.1, -0.05) is 50.3 Å². The van der Waals surface area contributed by atoms with E-state index in [0.717, 1.165) is 43.9 Å². The zero-order chi connectivity index (χ0) is 37.2. The molecule has 0 aromatic heterocycles. The molecule has 1 saturated carbocycles. The third kappa shape index (κ3) is 10.7. The van der Waals surface area contributed by atoms with Gasteiger partial charge in [-0.2, -0.15) is 0 Å². The van der Waals surface area contributed by atoms with E-state index in [9.17, 15) is 32.5 Å². The highest BCUT2D eigenvalue weighted by atomic mass is 32.2. The normalized spacial score (nSPS) is 20.6. The molecule has 0 unspecified atom stereocenters. The number of nitrogens with one attached hydrogen (secondary N) is 1. The minimum atomic E-state index is -4.25. The van der Waals surface area contributed by atoms with Crippen molar-refractivity contribution in [2.45, 2.75) is 102 Å². The molecule has 17 heteroatoms. The van der Waals surface area contributed by atoms with E-state index >= 15 is 0 Å². The lowest BCUT2D eigenvalue weighted by atomic mass is 9.71. The van der Waals surface area contributed by atoms with Gasteiger partial charge in [0.25, 0.3) is 5.91 Å². The van der Waals surface area contributed by atoms with Crippen molar-refractivity contribution in [3.05, 3.63) is 29.8 Å². The Bertz CT molecular complexity index is 1490. The number of piperidine rings is 1. The van der Waals surface area contributed by atoms with Gasteiger partial charge in [0.2, 0.25) is 15.9 Å². The minimum absolute atomic E-state index is 0.00724. The number of benzene rings is 1. The summed E-state index contributed by atoms with van der Waals surface area (Å²) in [6, 6.07) is 6.09. The number of nitrogens with zero attached hydrogens (tertiary/aromatic N) is 2. The second-order valence-electron chi connectivity index (χ2n) is 13.6. The fourth-order valence-corrected chi connectivity index (χ4v) is 10.2. The van der Waals surface area contributed by atoms with Gasteiger partial charge in [0.15, 0.2) is 11.4 Å². The third-order valence-electron chi connectivity index (χ3n) is 10.2. The summed E-state index contributed by atoms with van der Waals surface area (Å²) >= 11 is 0. The smallest absolute Gasteiger partial charge is 0.405 e. The average Bonchev–Trinajstić information content (AvgIpc) is 3.32. The van der Waals surface area contributed by atoms with Gasteiger partial charge >= 0.3 is 13.7 Å². The van der Waals surface area contributed by atoms with Gasteiger partial charge in [-0.05, 0) is 51.5 Å². The highest BCUT2D eigenvalue weighted by Gasteiger charge is 2.53. The molecule has 4 N–H and O–H groups in total. The fourth-order valence-electron chi connectivity index (χ4n) is 7.60. The first-order valence-corrected chi connectivity index (χ1v) is 21.5. The summed E-state index contributed by atoms with van der Waals surface area (Å²) in [5.41, 5.74) is 4.66. The molecular weight excluding hydrogens is 703 g/mol. The van der Waals surface area contributed by atoms with Crippen molar-refractivity contribution in [3.8, 4) is 5.75 Å². The molecule has 2 aliphatic heterocycles. The Labute approximate surface area is 301 Å². The Hall–Kier alpha value is -2.75. The molecule has 3 aliphatic rings. The molecule has 2 heterocycles. The van der Waals surface area contributed by atoms with Crippen LogP contribution in [-0.2, 0) is 44.5 Å². The van der Waals surface area contributed by atoms with Crippen molar-refractivity contribution in [2.24, 2.45) is 17.6 Å². The molecule has 4 rings (SSSR count). The summed E-state index contributed by atoms with van der Waals surface area (Å²) in [6.45, 7) is 4.17. The number of primary amides is 1. The number of hydrogen-bond donors (Lipinski definition) is 3. The van der Waals surface area contributed by atoms with Crippen LogP contribution >= 0.6 is 7.60 Å². The Morgan fingerprint density at radius 3 is 2.31 bits per heavy atom. The molecule has 0 radical (unpaired) electrons. The van der Waals surface area contributed by atoms with Gasteiger partial charge in [-0.25, -0.2) is 17.5 Å². The quantitative estimate of drug-likeness (QED) is 0.207. The van der Waals surface area contributed by atoms with Crippen LogP contribution in [0.15, 0.2) is 24.3 Å². The number of nitrogens with two attached hydrogens (primary N) is 1. The van der Waals surface area contributed by atoms with Crippen LogP contribution in [0.4, 0.5) is 4.79 Å². The number of sulfonamides is 1. The highest BCUT2D eigenvalue weighted by molar-refractivity contribution is 7.88. The number of aliphatic hydroxyl groups is 1. The summed E-state index contributed by atoms with van der Waals surface area (Å²) < 4.78 is 62.5. The second-order valence-corrected chi connectivity index (χ2v) is 17.7. The van der Waals surface area contributed by atoms with Crippen LogP contribution in [0.25, 0.3) is 0 Å². The lowest BCUT2D eigenvalue weighted by Crippen LogP contribution is -2.61. The molecule has 288 valence electrons. The van der Waals surface area contributed by atoms with E-state index in [4.69, 9.17) is 24.3 Å². The summed E-state index contributed by atoms with van der Waals surface area (Å²) in [6.07, 6.45) is 4.71. The van der Waals surface area contributed by atoms with Crippen molar-refractivity contribution in [3.63, 3.8) is 0 Å².